The molecule has 0 aliphatic carbocycles. The van der Waals surface area contributed by atoms with E-state index < -0.39 is 0 Å². The molecule has 54 valence electrons. The van der Waals surface area contributed by atoms with Gasteiger partial charge < -0.3 is 4.79 Å². The first-order chi connectivity index (χ1) is 4.72. The lowest BCUT2D eigenvalue weighted by Crippen LogP contribution is -1.83. The topological polar surface area (TPSA) is 40.9 Å². The smallest absolute Gasteiger partial charge is 0.120 e. The fourth-order valence-electron chi connectivity index (χ4n) is 0.558. The number of aldehydes is 1. The van der Waals surface area contributed by atoms with Crippen molar-refractivity contribution in [2.45, 2.75) is 26.7 Å². The average molecular weight is 137 g/mol. The summed E-state index contributed by atoms with van der Waals surface area (Å²) in [4.78, 5) is 9.91. The Balaban J connectivity index is 3.95. The third-order valence-electron chi connectivity index (χ3n) is 1.45. The number of carbonyl (C=O) groups is 1. The van der Waals surface area contributed by atoms with Gasteiger partial charge in [-0.05, 0) is 20.3 Å². The van der Waals surface area contributed by atoms with Gasteiger partial charge >= 0.3 is 0 Å². The molecule has 0 rings (SSSR count). The minimum absolute atomic E-state index is 0.519. The Labute approximate surface area is 61.2 Å². The van der Waals surface area contributed by atoms with Crippen molar-refractivity contribution in [3.63, 3.8) is 0 Å². The van der Waals surface area contributed by atoms with E-state index in [0.29, 0.717) is 12.8 Å². The number of carbonyl (C=O) groups excluding carboxylic acids is 1. The van der Waals surface area contributed by atoms with Crippen molar-refractivity contribution < 1.29 is 4.79 Å². The van der Waals surface area contributed by atoms with E-state index in [0.717, 1.165) is 17.4 Å². The van der Waals surface area contributed by atoms with Crippen molar-refractivity contribution >= 4 is 6.29 Å². The predicted molar refractivity (Wildman–Crippen MR) is 39.3 cm³/mol. The van der Waals surface area contributed by atoms with Gasteiger partial charge in [-0.1, -0.05) is 5.57 Å². The van der Waals surface area contributed by atoms with Gasteiger partial charge in [-0.15, -0.1) is 0 Å². The van der Waals surface area contributed by atoms with Crippen LogP contribution in [-0.2, 0) is 4.79 Å². The summed E-state index contributed by atoms with van der Waals surface area (Å²) < 4.78 is 0. The Hall–Kier alpha value is -1.10. The van der Waals surface area contributed by atoms with E-state index in [1.54, 1.807) is 6.92 Å². The van der Waals surface area contributed by atoms with Gasteiger partial charge in [0.05, 0.1) is 6.07 Å². The van der Waals surface area contributed by atoms with Crippen LogP contribution in [0, 0.1) is 11.3 Å². The molecule has 0 amide bonds. The van der Waals surface area contributed by atoms with E-state index in [9.17, 15) is 4.79 Å². The molecule has 0 saturated carbocycles. The number of nitriles is 1. The molecular formula is C8H11NO. The molecule has 10 heavy (non-hydrogen) atoms. The predicted octanol–water partition coefficient (Wildman–Crippen LogP) is 1.83. The van der Waals surface area contributed by atoms with Crippen LogP contribution < -0.4 is 0 Å². The highest BCUT2D eigenvalue weighted by Gasteiger charge is 1.93. The summed E-state index contributed by atoms with van der Waals surface area (Å²) >= 11 is 0. The number of nitrogens with zero attached hydrogens (tertiary/aromatic N) is 1. The van der Waals surface area contributed by atoms with Gasteiger partial charge in [-0.3, -0.25) is 0 Å². The summed E-state index contributed by atoms with van der Waals surface area (Å²) in [6, 6.07) is 2.04. The Bertz CT molecular complexity index is 186. The van der Waals surface area contributed by atoms with Crippen molar-refractivity contribution in [1.82, 2.24) is 0 Å². The Kier molecular flexibility index (Phi) is 4.23. The largest absolute Gasteiger partial charge is 0.303 e. The lowest BCUT2D eigenvalue weighted by atomic mass is 10.1. The molecule has 0 radical (unpaired) electrons. The van der Waals surface area contributed by atoms with Crippen LogP contribution in [0.5, 0.6) is 0 Å². The molecule has 0 saturated heterocycles. The summed E-state index contributed by atoms with van der Waals surface area (Å²) in [5, 5.41) is 8.41. The van der Waals surface area contributed by atoms with Gasteiger partial charge in [0.1, 0.15) is 6.29 Å². The lowest BCUT2D eigenvalue weighted by molar-refractivity contribution is -0.107. The molecule has 0 N–H and O–H groups in total. The summed E-state index contributed by atoms with van der Waals surface area (Å²) in [5.41, 5.74) is 1.73. The van der Waals surface area contributed by atoms with Crippen LogP contribution in [-0.4, -0.2) is 6.29 Å². The molecule has 0 aromatic rings. The van der Waals surface area contributed by atoms with Crippen LogP contribution >= 0.6 is 0 Å². The van der Waals surface area contributed by atoms with E-state index in [4.69, 9.17) is 5.26 Å². The van der Waals surface area contributed by atoms with E-state index in [1.807, 2.05) is 13.0 Å². The van der Waals surface area contributed by atoms with E-state index in [1.165, 1.54) is 0 Å². The molecule has 0 bridgehead atoms. The van der Waals surface area contributed by atoms with Crippen molar-refractivity contribution in [2.24, 2.45) is 0 Å². The van der Waals surface area contributed by atoms with Crippen molar-refractivity contribution in [3.05, 3.63) is 11.1 Å². The molecule has 0 unspecified atom stereocenters. The summed E-state index contributed by atoms with van der Waals surface area (Å²) in [6.07, 6.45) is 2.10. The van der Waals surface area contributed by atoms with E-state index in [-0.39, 0.29) is 0 Å². The molecule has 0 aromatic heterocycles. The van der Waals surface area contributed by atoms with Gasteiger partial charge in [0.15, 0.2) is 0 Å². The second-order valence-corrected chi connectivity index (χ2v) is 2.22. The first-order valence-electron chi connectivity index (χ1n) is 3.22. The lowest BCUT2D eigenvalue weighted by Gasteiger charge is -1.95. The van der Waals surface area contributed by atoms with Gasteiger partial charge in [0.25, 0.3) is 0 Å². The van der Waals surface area contributed by atoms with E-state index >= 15 is 0 Å². The van der Waals surface area contributed by atoms with Crippen LogP contribution in [0.2, 0.25) is 0 Å². The highest BCUT2D eigenvalue weighted by atomic mass is 16.1. The van der Waals surface area contributed by atoms with Gasteiger partial charge in [-0.2, -0.15) is 5.26 Å². The van der Waals surface area contributed by atoms with E-state index in [2.05, 4.69) is 0 Å². The number of rotatable bonds is 3. The quantitative estimate of drug-likeness (QED) is 0.439. The highest BCUT2D eigenvalue weighted by molar-refractivity contribution is 5.50. The fourth-order valence-corrected chi connectivity index (χ4v) is 0.558. The van der Waals surface area contributed by atoms with Gasteiger partial charge in [0, 0.05) is 12.0 Å². The van der Waals surface area contributed by atoms with Crippen LogP contribution in [0.3, 0.4) is 0 Å². The minimum Gasteiger partial charge on any atom is -0.303 e. The monoisotopic (exact) mass is 137 g/mol. The molecular weight excluding hydrogens is 126 g/mol. The maximum Gasteiger partial charge on any atom is 0.120 e. The Morgan fingerprint density at radius 3 is 2.60 bits per heavy atom. The van der Waals surface area contributed by atoms with Gasteiger partial charge in [0.2, 0.25) is 0 Å². The number of allylic oxidation sites excluding steroid dienone is 2. The second kappa shape index (κ2) is 4.75. The second-order valence-electron chi connectivity index (χ2n) is 2.22. The Morgan fingerprint density at radius 1 is 1.60 bits per heavy atom. The zero-order valence-electron chi connectivity index (χ0n) is 6.35. The van der Waals surface area contributed by atoms with Crippen LogP contribution in [0.15, 0.2) is 11.1 Å². The first kappa shape index (κ1) is 8.90. The average Bonchev–Trinajstić information content (AvgIpc) is 1.98. The van der Waals surface area contributed by atoms with Crippen molar-refractivity contribution in [3.8, 4) is 6.07 Å². The molecule has 0 aliphatic heterocycles. The summed E-state index contributed by atoms with van der Waals surface area (Å²) in [6.45, 7) is 3.64. The van der Waals surface area contributed by atoms with Crippen molar-refractivity contribution in [1.29, 1.82) is 5.26 Å². The molecule has 0 aliphatic rings. The fraction of sp³-hybridized carbons (Fsp3) is 0.500. The van der Waals surface area contributed by atoms with Crippen LogP contribution in [0.1, 0.15) is 26.7 Å². The maximum absolute atomic E-state index is 9.91. The SMILES string of the molecule is C/C(C#N)=C(\C)CCC=O. The molecule has 0 spiro atoms. The summed E-state index contributed by atoms with van der Waals surface area (Å²) in [5.74, 6) is 0. The molecule has 0 aromatic carbocycles. The Morgan fingerprint density at radius 2 is 2.20 bits per heavy atom. The zero-order chi connectivity index (χ0) is 7.98. The van der Waals surface area contributed by atoms with Gasteiger partial charge in [-0.25, -0.2) is 0 Å². The third kappa shape index (κ3) is 3.03. The summed E-state index contributed by atoms with van der Waals surface area (Å²) in [7, 11) is 0. The van der Waals surface area contributed by atoms with Crippen LogP contribution in [0.25, 0.3) is 0 Å². The maximum atomic E-state index is 9.91. The molecule has 0 heterocycles. The zero-order valence-corrected chi connectivity index (χ0v) is 6.35. The molecule has 2 nitrogen and oxygen atoms in total. The standard InChI is InChI=1S/C8H11NO/c1-7(4-3-5-10)8(2)6-9/h5H,3-4H2,1-2H3/b8-7-. The van der Waals surface area contributed by atoms with Crippen molar-refractivity contribution in [2.75, 3.05) is 0 Å². The minimum atomic E-state index is 0.519. The van der Waals surface area contributed by atoms with Crippen LogP contribution in [0.4, 0.5) is 0 Å². The molecule has 0 atom stereocenters. The highest BCUT2D eigenvalue weighted by Crippen LogP contribution is 2.07. The molecule has 0 fully saturated rings. The first-order valence-corrected chi connectivity index (χ1v) is 3.22. The normalized spacial score (nSPS) is 11.7. The number of hydrogen-bond acceptors (Lipinski definition) is 2. The molecule has 2 heteroatoms. The number of hydrogen-bond donors (Lipinski definition) is 0. The third-order valence-corrected chi connectivity index (χ3v) is 1.45.